The van der Waals surface area contributed by atoms with Crippen molar-refractivity contribution in [3.63, 3.8) is 0 Å². The van der Waals surface area contributed by atoms with E-state index in [1.807, 2.05) is 0 Å². The van der Waals surface area contributed by atoms with Gasteiger partial charge in [0, 0.05) is 32.6 Å². The molecule has 3 heterocycles. The number of hydrogen-bond donors (Lipinski definition) is 0. The van der Waals surface area contributed by atoms with Crippen LogP contribution >= 0.6 is 0 Å². The van der Waals surface area contributed by atoms with E-state index in [1.165, 1.54) is 21.9 Å². The Labute approximate surface area is 178 Å². The fraction of sp³-hybridized carbons (Fsp3) is 0.560. The van der Waals surface area contributed by atoms with Crippen LogP contribution in [-0.4, -0.2) is 67.8 Å². The van der Waals surface area contributed by atoms with Crippen LogP contribution in [0.3, 0.4) is 0 Å². The van der Waals surface area contributed by atoms with Gasteiger partial charge in [-0.3, -0.25) is 14.6 Å². The molecule has 0 bridgehead atoms. The third-order valence-corrected chi connectivity index (χ3v) is 7.33. The molecule has 0 N–H and O–H groups in total. The third-order valence-electron chi connectivity index (χ3n) is 7.33. The first-order chi connectivity index (χ1) is 14.6. The average molecular weight is 409 g/mol. The number of fused-ring (bicyclic) bond motifs is 1. The number of hydrogen-bond acceptors (Lipinski definition) is 5. The van der Waals surface area contributed by atoms with Crippen molar-refractivity contribution in [2.45, 2.75) is 38.8 Å². The second-order valence-electron chi connectivity index (χ2n) is 9.29. The van der Waals surface area contributed by atoms with Crippen molar-refractivity contribution in [3.05, 3.63) is 47.5 Å². The van der Waals surface area contributed by atoms with E-state index < -0.39 is 0 Å². The fourth-order valence-electron chi connectivity index (χ4n) is 5.45. The molecule has 3 fully saturated rings. The lowest BCUT2D eigenvalue weighted by Gasteiger charge is -2.37. The molecule has 1 spiro atoms. The van der Waals surface area contributed by atoms with Crippen molar-refractivity contribution in [3.8, 4) is 0 Å². The van der Waals surface area contributed by atoms with E-state index in [1.54, 1.807) is 0 Å². The molecule has 160 valence electrons. The van der Waals surface area contributed by atoms with Gasteiger partial charge in [-0.25, -0.2) is 0 Å². The van der Waals surface area contributed by atoms with Crippen LogP contribution in [0.15, 0.2) is 36.4 Å². The van der Waals surface area contributed by atoms with E-state index in [-0.39, 0.29) is 17.5 Å². The summed E-state index contributed by atoms with van der Waals surface area (Å²) in [6.45, 7) is 9.36. The highest BCUT2D eigenvalue weighted by Gasteiger charge is 2.50. The number of morpholine rings is 1. The van der Waals surface area contributed by atoms with Crippen LogP contribution in [0, 0.1) is 12.3 Å². The van der Waals surface area contributed by atoms with Crippen LogP contribution in [0.4, 0.5) is 0 Å². The molecule has 0 aromatic heterocycles. The maximum absolute atomic E-state index is 12.8. The summed E-state index contributed by atoms with van der Waals surface area (Å²) in [6.07, 6.45) is 2.75. The summed E-state index contributed by atoms with van der Waals surface area (Å²) in [5, 5.41) is 2.69. The summed E-state index contributed by atoms with van der Waals surface area (Å²) < 4.78 is 11.3. The number of ether oxygens (including phenoxy) is 2. The number of carbonyl (C=O) groups is 1. The molecule has 2 aromatic carbocycles. The molecule has 3 aliphatic rings. The van der Waals surface area contributed by atoms with Gasteiger partial charge in [0.15, 0.2) is 0 Å². The molecule has 5 nitrogen and oxygen atoms in total. The Balaban J connectivity index is 1.21. The summed E-state index contributed by atoms with van der Waals surface area (Å²) >= 11 is 0. The molecule has 1 unspecified atom stereocenters. The number of likely N-dealkylation sites (tertiary alicyclic amines) is 1. The molecule has 0 aliphatic carbocycles. The van der Waals surface area contributed by atoms with Crippen LogP contribution in [-0.2, 0) is 20.8 Å². The lowest BCUT2D eigenvalue weighted by Crippen LogP contribution is -2.43. The number of benzene rings is 2. The van der Waals surface area contributed by atoms with E-state index in [2.05, 4.69) is 53.1 Å². The number of cyclic esters (lactones) is 1. The van der Waals surface area contributed by atoms with Crippen molar-refractivity contribution in [2.24, 2.45) is 5.41 Å². The standard InChI is InChI=1S/C25H32N2O3/c1-19-6-7-20(23-5-3-2-4-22(19)23)17-26-10-8-25(9-11-26)16-21(30-24(25)28)18-27-12-14-29-15-13-27/h2-7,21H,8-18H2,1H3. The van der Waals surface area contributed by atoms with Gasteiger partial charge in [-0.1, -0.05) is 36.4 Å². The minimum atomic E-state index is -0.261. The van der Waals surface area contributed by atoms with Gasteiger partial charge in [-0.15, -0.1) is 0 Å². The van der Waals surface area contributed by atoms with Crippen molar-refractivity contribution in [1.82, 2.24) is 9.80 Å². The molecule has 2 aromatic rings. The van der Waals surface area contributed by atoms with Gasteiger partial charge in [0.05, 0.1) is 18.6 Å². The molecular formula is C25H32N2O3. The van der Waals surface area contributed by atoms with E-state index in [0.717, 1.165) is 71.7 Å². The van der Waals surface area contributed by atoms with Gasteiger partial charge in [-0.05, 0) is 54.8 Å². The Hall–Kier alpha value is -1.95. The minimum absolute atomic E-state index is 0.0428. The Kier molecular flexibility index (Phi) is 5.52. The quantitative estimate of drug-likeness (QED) is 0.726. The Morgan fingerprint density at radius 1 is 0.967 bits per heavy atom. The van der Waals surface area contributed by atoms with Gasteiger partial charge in [0.1, 0.15) is 6.10 Å². The highest BCUT2D eigenvalue weighted by atomic mass is 16.6. The third kappa shape index (κ3) is 3.86. The summed E-state index contributed by atoms with van der Waals surface area (Å²) in [7, 11) is 0. The van der Waals surface area contributed by atoms with Crippen molar-refractivity contribution in [1.29, 1.82) is 0 Å². The van der Waals surface area contributed by atoms with Gasteiger partial charge >= 0.3 is 5.97 Å². The van der Waals surface area contributed by atoms with Crippen LogP contribution in [0.2, 0.25) is 0 Å². The van der Waals surface area contributed by atoms with Gasteiger partial charge in [0.2, 0.25) is 0 Å². The fourth-order valence-corrected chi connectivity index (χ4v) is 5.45. The van der Waals surface area contributed by atoms with Crippen molar-refractivity contribution in [2.75, 3.05) is 45.9 Å². The molecule has 3 saturated heterocycles. The minimum Gasteiger partial charge on any atom is -0.461 e. The monoisotopic (exact) mass is 408 g/mol. The number of rotatable bonds is 4. The molecule has 1 atom stereocenters. The molecule has 30 heavy (non-hydrogen) atoms. The molecule has 5 rings (SSSR count). The molecule has 0 saturated carbocycles. The molecule has 0 amide bonds. The smallest absolute Gasteiger partial charge is 0.312 e. The SMILES string of the molecule is Cc1ccc(CN2CCC3(CC2)CC(CN2CCOCC2)OC3=O)c2ccccc12. The Morgan fingerprint density at radius 3 is 2.47 bits per heavy atom. The first kappa shape index (κ1) is 20.0. The van der Waals surface area contributed by atoms with Gasteiger partial charge in [-0.2, -0.15) is 0 Å². The maximum Gasteiger partial charge on any atom is 0.312 e. The average Bonchev–Trinajstić information content (AvgIpc) is 3.07. The zero-order valence-corrected chi connectivity index (χ0v) is 17.9. The van der Waals surface area contributed by atoms with Crippen LogP contribution in [0.25, 0.3) is 10.8 Å². The summed E-state index contributed by atoms with van der Waals surface area (Å²) in [6, 6.07) is 13.2. The summed E-state index contributed by atoms with van der Waals surface area (Å²) in [5.41, 5.74) is 2.45. The predicted molar refractivity (Wildman–Crippen MR) is 117 cm³/mol. The van der Waals surface area contributed by atoms with E-state index >= 15 is 0 Å². The first-order valence-corrected chi connectivity index (χ1v) is 11.3. The molecule has 0 radical (unpaired) electrons. The first-order valence-electron chi connectivity index (χ1n) is 11.3. The Bertz CT molecular complexity index is 914. The molecular weight excluding hydrogens is 376 g/mol. The van der Waals surface area contributed by atoms with Gasteiger partial charge in [0.25, 0.3) is 0 Å². The van der Waals surface area contributed by atoms with Crippen molar-refractivity contribution < 1.29 is 14.3 Å². The summed E-state index contributed by atoms with van der Waals surface area (Å²) in [4.78, 5) is 17.7. The second kappa shape index (κ2) is 8.29. The van der Waals surface area contributed by atoms with Gasteiger partial charge < -0.3 is 9.47 Å². The van der Waals surface area contributed by atoms with Crippen LogP contribution in [0.1, 0.15) is 30.4 Å². The number of aryl methyl sites for hydroxylation is 1. The van der Waals surface area contributed by atoms with Crippen molar-refractivity contribution >= 4 is 16.7 Å². The van der Waals surface area contributed by atoms with E-state index in [9.17, 15) is 4.79 Å². The molecule has 3 aliphatic heterocycles. The molecule has 5 heteroatoms. The van der Waals surface area contributed by atoms with E-state index in [4.69, 9.17) is 9.47 Å². The summed E-state index contributed by atoms with van der Waals surface area (Å²) in [5.74, 6) is 0.0428. The highest BCUT2D eigenvalue weighted by Crippen LogP contribution is 2.43. The number of carbonyl (C=O) groups excluding carboxylic acids is 1. The maximum atomic E-state index is 12.8. The number of nitrogens with zero attached hydrogens (tertiary/aromatic N) is 2. The number of esters is 1. The lowest BCUT2D eigenvalue weighted by atomic mass is 9.76. The topological polar surface area (TPSA) is 42.0 Å². The number of piperidine rings is 1. The highest BCUT2D eigenvalue weighted by molar-refractivity contribution is 5.88. The lowest BCUT2D eigenvalue weighted by molar-refractivity contribution is -0.151. The zero-order chi connectivity index (χ0) is 20.6. The van der Waals surface area contributed by atoms with Crippen LogP contribution < -0.4 is 0 Å². The largest absolute Gasteiger partial charge is 0.461 e. The normalized spacial score (nSPS) is 25.1. The zero-order valence-electron chi connectivity index (χ0n) is 17.9. The predicted octanol–water partition coefficient (Wildman–Crippen LogP) is 3.38. The second-order valence-corrected chi connectivity index (χ2v) is 9.29. The Morgan fingerprint density at radius 2 is 1.70 bits per heavy atom. The van der Waals surface area contributed by atoms with E-state index in [0.29, 0.717) is 0 Å². The van der Waals surface area contributed by atoms with Crippen LogP contribution in [0.5, 0.6) is 0 Å².